The van der Waals surface area contributed by atoms with Crippen molar-refractivity contribution in [3.63, 3.8) is 0 Å². The largest absolute Gasteiger partial charge is 0.480 e. The average molecular weight is 479 g/mol. The normalized spacial score (nSPS) is 16.0. The molecular weight excluding hydrogens is 444 g/mol. The number of nitrogens with one attached hydrogen (secondary N) is 1. The van der Waals surface area contributed by atoms with Gasteiger partial charge in [0.15, 0.2) is 0 Å². The van der Waals surface area contributed by atoms with Crippen LogP contribution in [0.15, 0.2) is 48.5 Å². The van der Waals surface area contributed by atoms with Gasteiger partial charge in [-0.3, -0.25) is 9.59 Å². The van der Waals surface area contributed by atoms with Gasteiger partial charge in [0.2, 0.25) is 5.91 Å². The van der Waals surface area contributed by atoms with Crippen LogP contribution in [0.1, 0.15) is 63.5 Å². The van der Waals surface area contributed by atoms with Crippen molar-refractivity contribution in [2.75, 3.05) is 19.7 Å². The zero-order chi connectivity index (χ0) is 25.2. The Morgan fingerprint density at radius 2 is 1.60 bits per heavy atom. The van der Waals surface area contributed by atoms with Gasteiger partial charge in [-0.25, -0.2) is 4.79 Å². The van der Waals surface area contributed by atoms with Crippen molar-refractivity contribution in [2.24, 2.45) is 5.41 Å². The third-order valence-corrected chi connectivity index (χ3v) is 7.30. The van der Waals surface area contributed by atoms with Crippen LogP contribution in [0.2, 0.25) is 0 Å². The standard InChI is InChI=1S/C28H34N2O5/c1-27(2,3)30(16-25(32)33)24(31)15-28(13-8-14-28)18-29-26(34)35-17-23-21-11-6-4-9-19(21)20-10-5-7-12-22(20)23/h4-7,9-12,23H,8,13-18H2,1-3H3,(H,29,34)(H,32,33). The van der Waals surface area contributed by atoms with Crippen LogP contribution in [0.4, 0.5) is 4.79 Å². The Labute approximate surface area is 206 Å². The van der Waals surface area contributed by atoms with E-state index in [1.807, 2.05) is 45.0 Å². The van der Waals surface area contributed by atoms with Crippen LogP contribution in [0.25, 0.3) is 11.1 Å². The molecule has 4 rings (SSSR count). The fraction of sp³-hybridized carbons (Fsp3) is 0.464. The van der Waals surface area contributed by atoms with Gasteiger partial charge in [-0.2, -0.15) is 0 Å². The molecule has 7 heteroatoms. The van der Waals surface area contributed by atoms with Crippen molar-refractivity contribution in [3.8, 4) is 11.1 Å². The molecule has 2 aromatic carbocycles. The van der Waals surface area contributed by atoms with Gasteiger partial charge in [0, 0.05) is 24.4 Å². The maximum atomic E-state index is 13.0. The molecule has 1 fully saturated rings. The zero-order valence-electron chi connectivity index (χ0n) is 20.7. The first kappa shape index (κ1) is 24.8. The lowest BCUT2D eigenvalue weighted by Gasteiger charge is -2.44. The lowest BCUT2D eigenvalue weighted by atomic mass is 9.66. The van der Waals surface area contributed by atoms with E-state index in [1.165, 1.54) is 16.0 Å². The number of carboxylic acids is 1. The Balaban J connectivity index is 1.35. The second-order valence-electron chi connectivity index (χ2n) is 10.8. The SMILES string of the molecule is CC(C)(C)N(CC(=O)O)C(=O)CC1(CNC(=O)OCC2c3ccccc3-c3ccccc32)CCC1. The lowest BCUT2D eigenvalue weighted by Crippen LogP contribution is -2.52. The Kier molecular flexibility index (Phi) is 6.88. The third kappa shape index (κ3) is 5.34. The van der Waals surface area contributed by atoms with Gasteiger partial charge in [0.25, 0.3) is 0 Å². The minimum atomic E-state index is -1.03. The number of carbonyl (C=O) groups excluding carboxylic acids is 2. The zero-order valence-corrected chi connectivity index (χ0v) is 20.7. The fourth-order valence-corrected chi connectivity index (χ4v) is 5.25. The van der Waals surface area contributed by atoms with Crippen molar-refractivity contribution in [1.29, 1.82) is 0 Å². The molecule has 7 nitrogen and oxygen atoms in total. The highest BCUT2D eigenvalue weighted by Crippen LogP contribution is 2.45. The molecule has 1 saturated carbocycles. The summed E-state index contributed by atoms with van der Waals surface area (Å²) in [6.45, 7) is 5.73. The summed E-state index contributed by atoms with van der Waals surface area (Å²) in [5, 5.41) is 12.1. The quantitative estimate of drug-likeness (QED) is 0.568. The van der Waals surface area contributed by atoms with E-state index in [-0.39, 0.29) is 36.8 Å². The molecule has 2 aliphatic rings. The van der Waals surface area contributed by atoms with Crippen LogP contribution in [0.3, 0.4) is 0 Å². The van der Waals surface area contributed by atoms with Gasteiger partial charge >= 0.3 is 12.1 Å². The molecule has 0 aromatic heterocycles. The minimum Gasteiger partial charge on any atom is -0.480 e. The van der Waals surface area contributed by atoms with Crippen LogP contribution in [0.5, 0.6) is 0 Å². The van der Waals surface area contributed by atoms with Crippen molar-refractivity contribution in [3.05, 3.63) is 59.7 Å². The molecule has 0 spiro atoms. The molecule has 0 saturated heterocycles. The number of ether oxygens (including phenoxy) is 1. The topological polar surface area (TPSA) is 95.9 Å². The summed E-state index contributed by atoms with van der Waals surface area (Å²) in [6, 6.07) is 16.4. The summed E-state index contributed by atoms with van der Waals surface area (Å²) in [6.07, 6.45) is 2.32. The van der Waals surface area contributed by atoms with Gasteiger partial charge in [0.05, 0.1) is 0 Å². The molecule has 0 aliphatic heterocycles. The first-order valence-electron chi connectivity index (χ1n) is 12.2. The maximum absolute atomic E-state index is 13.0. The van der Waals surface area contributed by atoms with Gasteiger partial charge in [0.1, 0.15) is 13.2 Å². The first-order valence-corrected chi connectivity index (χ1v) is 12.2. The van der Waals surface area contributed by atoms with E-state index in [1.54, 1.807) is 0 Å². The third-order valence-electron chi connectivity index (χ3n) is 7.30. The minimum absolute atomic E-state index is 0.0104. The number of benzene rings is 2. The molecule has 186 valence electrons. The smallest absolute Gasteiger partial charge is 0.407 e. The molecule has 35 heavy (non-hydrogen) atoms. The van der Waals surface area contributed by atoms with Crippen LogP contribution in [-0.4, -0.2) is 53.2 Å². The van der Waals surface area contributed by atoms with Crippen molar-refractivity contribution in [1.82, 2.24) is 10.2 Å². The highest BCUT2D eigenvalue weighted by Gasteiger charge is 2.42. The van der Waals surface area contributed by atoms with Crippen molar-refractivity contribution >= 4 is 18.0 Å². The molecule has 0 radical (unpaired) electrons. The number of amides is 2. The summed E-state index contributed by atoms with van der Waals surface area (Å²) >= 11 is 0. The average Bonchev–Trinajstić information content (AvgIpc) is 3.10. The Hall–Kier alpha value is -3.35. The van der Waals surface area contributed by atoms with Gasteiger partial charge < -0.3 is 20.1 Å². The molecule has 2 amide bonds. The highest BCUT2D eigenvalue weighted by molar-refractivity contribution is 5.83. The molecule has 2 aromatic rings. The van der Waals surface area contributed by atoms with E-state index >= 15 is 0 Å². The molecule has 0 heterocycles. The number of alkyl carbamates (subject to hydrolysis) is 1. The van der Waals surface area contributed by atoms with Crippen LogP contribution < -0.4 is 5.32 Å². The predicted molar refractivity (Wildman–Crippen MR) is 133 cm³/mol. The number of hydrogen-bond acceptors (Lipinski definition) is 4. The molecular formula is C28H34N2O5. The number of aliphatic carboxylic acids is 1. The van der Waals surface area contributed by atoms with Gasteiger partial charge in [-0.15, -0.1) is 0 Å². The molecule has 0 atom stereocenters. The summed E-state index contributed by atoms with van der Waals surface area (Å²) in [7, 11) is 0. The van der Waals surface area contributed by atoms with Crippen LogP contribution in [-0.2, 0) is 14.3 Å². The Bertz CT molecular complexity index is 1070. The second kappa shape index (κ2) is 9.72. The van der Waals surface area contributed by atoms with E-state index in [4.69, 9.17) is 4.74 Å². The van der Waals surface area contributed by atoms with Crippen LogP contribution >= 0.6 is 0 Å². The number of rotatable bonds is 8. The lowest BCUT2D eigenvalue weighted by molar-refractivity contribution is -0.150. The van der Waals surface area contributed by atoms with Crippen LogP contribution in [0, 0.1) is 5.41 Å². The predicted octanol–water partition coefficient (Wildman–Crippen LogP) is 4.80. The number of fused-ring (bicyclic) bond motifs is 3. The number of nitrogens with zero attached hydrogens (tertiary/aromatic N) is 1. The van der Waals surface area contributed by atoms with E-state index in [9.17, 15) is 19.5 Å². The molecule has 0 bridgehead atoms. The molecule has 2 N–H and O–H groups in total. The number of carbonyl (C=O) groups is 3. The van der Waals surface area contributed by atoms with E-state index in [2.05, 4.69) is 29.6 Å². The fourth-order valence-electron chi connectivity index (χ4n) is 5.25. The second-order valence-corrected chi connectivity index (χ2v) is 10.8. The van der Waals surface area contributed by atoms with E-state index < -0.39 is 17.6 Å². The summed E-state index contributed by atoms with van der Waals surface area (Å²) in [5.41, 5.74) is 3.71. The van der Waals surface area contributed by atoms with E-state index in [0.717, 1.165) is 30.4 Å². The monoisotopic (exact) mass is 478 g/mol. The molecule has 0 unspecified atom stereocenters. The highest BCUT2D eigenvalue weighted by atomic mass is 16.5. The van der Waals surface area contributed by atoms with Crippen molar-refractivity contribution < 1.29 is 24.2 Å². The number of carboxylic acid groups (broad SMARTS) is 1. The molecule has 2 aliphatic carbocycles. The first-order chi connectivity index (χ1) is 16.6. The van der Waals surface area contributed by atoms with E-state index in [0.29, 0.717) is 6.54 Å². The van der Waals surface area contributed by atoms with Crippen molar-refractivity contribution in [2.45, 2.75) is 57.9 Å². The van der Waals surface area contributed by atoms with Gasteiger partial charge in [-0.05, 0) is 61.3 Å². The maximum Gasteiger partial charge on any atom is 0.407 e. The summed E-state index contributed by atoms with van der Waals surface area (Å²) in [5.74, 6) is -1.25. The van der Waals surface area contributed by atoms with Gasteiger partial charge in [-0.1, -0.05) is 55.0 Å². The summed E-state index contributed by atoms with van der Waals surface area (Å²) < 4.78 is 5.64. The Morgan fingerprint density at radius 3 is 2.09 bits per heavy atom. The summed E-state index contributed by atoms with van der Waals surface area (Å²) in [4.78, 5) is 38.4. The number of hydrogen-bond donors (Lipinski definition) is 2. The Morgan fingerprint density at radius 1 is 1.03 bits per heavy atom.